The Bertz CT molecular complexity index is 1260. The van der Waals surface area contributed by atoms with Crippen LogP contribution in [0.3, 0.4) is 0 Å². The van der Waals surface area contributed by atoms with E-state index in [2.05, 4.69) is 95.6 Å². The number of anilines is 1. The molecule has 1 amide bonds. The average Bonchev–Trinajstić information content (AvgIpc) is 3.45. The van der Waals surface area contributed by atoms with Gasteiger partial charge in [-0.2, -0.15) is 0 Å². The van der Waals surface area contributed by atoms with Gasteiger partial charge in [-0.25, -0.2) is 0 Å². The summed E-state index contributed by atoms with van der Waals surface area (Å²) in [5.41, 5.74) is 6.75. The first kappa shape index (κ1) is 24.2. The van der Waals surface area contributed by atoms with Crippen molar-refractivity contribution in [2.24, 2.45) is 0 Å². The highest BCUT2D eigenvalue weighted by Crippen LogP contribution is 2.39. The van der Waals surface area contributed by atoms with Crippen LogP contribution in [0.5, 0.6) is 0 Å². The largest absolute Gasteiger partial charge is 0.325 e. The van der Waals surface area contributed by atoms with Crippen LogP contribution in [0.1, 0.15) is 36.8 Å². The number of thioether (sulfide) groups is 1. The fourth-order valence-electron chi connectivity index (χ4n) is 4.17. The number of rotatable bonds is 9. The Morgan fingerprint density at radius 2 is 1.71 bits per heavy atom. The molecule has 0 aliphatic heterocycles. The van der Waals surface area contributed by atoms with E-state index in [-0.39, 0.29) is 11.7 Å². The molecule has 2 heterocycles. The molecule has 7 heteroatoms. The van der Waals surface area contributed by atoms with Crippen LogP contribution >= 0.6 is 23.1 Å². The normalized spacial score (nSPS) is 11.1. The van der Waals surface area contributed by atoms with Crippen molar-refractivity contribution >= 4 is 34.7 Å². The van der Waals surface area contributed by atoms with Gasteiger partial charge in [-0.05, 0) is 43.4 Å². The highest BCUT2D eigenvalue weighted by Gasteiger charge is 2.20. The third-order valence-electron chi connectivity index (χ3n) is 5.91. The van der Waals surface area contributed by atoms with Crippen LogP contribution in [0.25, 0.3) is 22.5 Å². The summed E-state index contributed by atoms with van der Waals surface area (Å²) in [6, 6.07) is 16.6. The summed E-state index contributed by atoms with van der Waals surface area (Å²) < 4.78 is 2.10. The topological polar surface area (TPSA) is 59.8 Å². The fraction of sp³-hybridized carbons (Fsp3) is 0.296. The monoisotopic (exact) mass is 490 g/mol. The number of carbonyl (C=O) groups is 1. The number of thiophene rings is 1. The van der Waals surface area contributed by atoms with Gasteiger partial charge in [0.2, 0.25) is 5.91 Å². The molecule has 0 unspecified atom stereocenters. The minimum atomic E-state index is -0.0239. The zero-order valence-corrected chi connectivity index (χ0v) is 21.7. The Balaban J connectivity index is 1.55. The number of aryl methyl sites for hydroxylation is 3. The summed E-state index contributed by atoms with van der Waals surface area (Å²) >= 11 is 3.15. The van der Waals surface area contributed by atoms with Crippen LogP contribution < -0.4 is 5.32 Å². The van der Waals surface area contributed by atoms with Gasteiger partial charge in [-0.1, -0.05) is 74.1 Å². The fourth-order valence-corrected chi connectivity index (χ4v) is 5.84. The van der Waals surface area contributed by atoms with Gasteiger partial charge in [0.25, 0.3) is 0 Å². The summed E-state index contributed by atoms with van der Waals surface area (Å²) in [6.07, 6.45) is 1.77. The van der Waals surface area contributed by atoms with Gasteiger partial charge in [0, 0.05) is 33.6 Å². The van der Waals surface area contributed by atoms with Crippen molar-refractivity contribution in [3.63, 3.8) is 0 Å². The lowest BCUT2D eigenvalue weighted by atomic mass is 10.0. The van der Waals surface area contributed by atoms with E-state index in [0.717, 1.165) is 52.7 Å². The smallest absolute Gasteiger partial charge is 0.234 e. The molecule has 0 atom stereocenters. The van der Waals surface area contributed by atoms with Crippen molar-refractivity contribution < 1.29 is 4.79 Å². The quantitative estimate of drug-likeness (QED) is 0.260. The lowest BCUT2D eigenvalue weighted by Crippen LogP contribution is -2.17. The maximum atomic E-state index is 12.9. The summed E-state index contributed by atoms with van der Waals surface area (Å²) in [5.74, 6) is 1.11. The molecule has 4 aromatic rings. The number of aromatic nitrogens is 3. The zero-order valence-electron chi connectivity index (χ0n) is 20.1. The van der Waals surface area contributed by atoms with Crippen molar-refractivity contribution in [3.8, 4) is 22.5 Å². The summed E-state index contributed by atoms with van der Waals surface area (Å²) in [4.78, 5) is 14.1. The second kappa shape index (κ2) is 11.0. The van der Waals surface area contributed by atoms with Gasteiger partial charge in [0.15, 0.2) is 11.0 Å². The van der Waals surface area contributed by atoms with E-state index in [1.54, 1.807) is 11.3 Å². The van der Waals surface area contributed by atoms with Crippen molar-refractivity contribution in [1.82, 2.24) is 14.8 Å². The number of nitrogens with one attached hydrogen (secondary N) is 1. The molecule has 0 saturated carbocycles. The van der Waals surface area contributed by atoms with Crippen molar-refractivity contribution in [1.29, 1.82) is 0 Å². The van der Waals surface area contributed by atoms with Crippen molar-refractivity contribution in [2.45, 2.75) is 52.2 Å². The van der Waals surface area contributed by atoms with E-state index in [1.165, 1.54) is 27.8 Å². The lowest BCUT2D eigenvalue weighted by molar-refractivity contribution is -0.113. The molecule has 176 valence electrons. The molecule has 0 radical (unpaired) electrons. The van der Waals surface area contributed by atoms with E-state index >= 15 is 0 Å². The van der Waals surface area contributed by atoms with Crippen LogP contribution in [0.4, 0.5) is 5.69 Å². The number of para-hydroxylation sites is 1. The second-order valence-corrected chi connectivity index (χ2v) is 10.0. The Morgan fingerprint density at radius 1 is 1.00 bits per heavy atom. The molecular weight excluding hydrogens is 460 g/mol. The highest BCUT2D eigenvalue weighted by atomic mass is 32.2. The molecule has 5 nitrogen and oxygen atoms in total. The molecular formula is C27H30N4OS2. The van der Waals surface area contributed by atoms with Gasteiger partial charge in [0.1, 0.15) is 0 Å². The molecule has 0 aliphatic carbocycles. The molecule has 2 aromatic heterocycles. The molecule has 0 saturated heterocycles. The van der Waals surface area contributed by atoms with Crippen molar-refractivity contribution in [2.75, 3.05) is 11.1 Å². The number of amides is 1. The summed E-state index contributed by atoms with van der Waals surface area (Å²) in [6.45, 7) is 9.18. The predicted octanol–water partition coefficient (Wildman–Crippen LogP) is 6.86. The Kier molecular flexibility index (Phi) is 7.85. The number of benzene rings is 2. The number of hydrogen-bond acceptors (Lipinski definition) is 5. The maximum absolute atomic E-state index is 12.9. The summed E-state index contributed by atoms with van der Waals surface area (Å²) in [7, 11) is 0. The minimum absolute atomic E-state index is 0.0239. The van der Waals surface area contributed by atoms with Crippen LogP contribution in [-0.4, -0.2) is 26.4 Å². The molecule has 0 spiro atoms. The summed E-state index contributed by atoms with van der Waals surface area (Å²) in [5, 5.41) is 15.1. The van der Waals surface area contributed by atoms with Crippen molar-refractivity contribution in [3.05, 3.63) is 69.9 Å². The van der Waals surface area contributed by atoms with Crippen LogP contribution in [0, 0.1) is 6.92 Å². The molecule has 0 bridgehead atoms. The number of hydrogen-bond donors (Lipinski definition) is 1. The number of carbonyl (C=O) groups excluding carboxylic acids is 1. The van der Waals surface area contributed by atoms with E-state index in [9.17, 15) is 4.79 Å². The molecule has 4 rings (SSSR count). The van der Waals surface area contributed by atoms with Gasteiger partial charge in [-0.3, -0.25) is 4.79 Å². The second-order valence-electron chi connectivity index (χ2n) is 7.99. The van der Waals surface area contributed by atoms with Gasteiger partial charge >= 0.3 is 0 Å². The van der Waals surface area contributed by atoms with Crippen LogP contribution in [-0.2, 0) is 24.2 Å². The maximum Gasteiger partial charge on any atom is 0.234 e. The van der Waals surface area contributed by atoms with Crippen LogP contribution in [0.15, 0.2) is 59.1 Å². The zero-order chi connectivity index (χ0) is 24.1. The minimum Gasteiger partial charge on any atom is -0.325 e. The first-order valence-corrected chi connectivity index (χ1v) is 13.5. The third kappa shape index (κ3) is 4.95. The predicted molar refractivity (Wildman–Crippen MR) is 144 cm³/mol. The van der Waals surface area contributed by atoms with Crippen LogP contribution in [0.2, 0.25) is 0 Å². The third-order valence-corrected chi connectivity index (χ3v) is 7.79. The molecule has 34 heavy (non-hydrogen) atoms. The first-order chi connectivity index (χ1) is 16.6. The molecule has 0 fully saturated rings. The SMILES string of the molecule is CCc1cccc(CC)c1NC(=O)CSc1nnc(-c2csc(C)c2-c2ccccc2)n1CC. The Labute approximate surface area is 209 Å². The average molecular weight is 491 g/mol. The molecule has 2 aromatic carbocycles. The standard InChI is InChI=1S/C27H30N4OS2/c1-5-19-14-11-15-20(6-2)25(19)28-23(32)17-34-27-30-29-26(31(27)7-3)22-16-33-18(4)24(22)21-12-9-8-10-13-21/h8-16H,5-7,17H2,1-4H3,(H,28,32). The van der Waals surface area contributed by atoms with Gasteiger partial charge < -0.3 is 9.88 Å². The lowest BCUT2D eigenvalue weighted by Gasteiger charge is -2.14. The van der Waals surface area contributed by atoms with E-state index in [4.69, 9.17) is 0 Å². The Morgan fingerprint density at radius 3 is 2.35 bits per heavy atom. The molecule has 0 aliphatic rings. The first-order valence-electron chi connectivity index (χ1n) is 11.7. The number of nitrogens with zero attached hydrogens (tertiary/aromatic N) is 3. The van der Waals surface area contributed by atoms with Gasteiger partial charge in [-0.15, -0.1) is 21.5 Å². The Hall–Kier alpha value is -2.90. The van der Waals surface area contributed by atoms with E-state index in [0.29, 0.717) is 0 Å². The van der Waals surface area contributed by atoms with E-state index < -0.39 is 0 Å². The highest BCUT2D eigenvalue weighted by molar-refractivity contribution is 7.99. The van der Waals surface area contributed by atoms with E-state index in [1.807, 2.05) is 6.07 Å². The molecule has 1 N–H and O–H groups in total. The van der Waals surface area contributed by atoms with Gasteiger partial charge in [0.05, 0.1) is 5.75 Å².